The Balaban J connectivity index is 1.39. The molecule has 4 aromatic rings. The van der Waals surface area contributed by atoms with Crippen LogP contribution in [0.25, 0.3) is 11.0 Å². The van der Waals surface area contributed by atoms with Gasteiger partial charge in [-0.25, -0.2) is 9.67 Å². The monoisotopic (exact) mass is 494 g/mol. The number of nitrogens with zero attached hydrogens (tertiary/aromatic N) is 7. The molecule has 0 saturated heterocycles. The fourth-order valence-electron chi connectivity index (χ4n) is 5.19. The van der Waals surface area contributed by atoms with Gasteiger partial charge in [-0.1, -0.05) is 6.07 Å². The number of halogens is 3. The summed E-state index contributed by atoms with van der Waals surface area (Å²) >= 11 is 0. The van der Waals surface area contributed by atoms with Crippen LogP contribution in [0.5, 0.6) is 0 Å². The van der Waals surface area contributed by atoms with Gasteiger partial charge in [-0.3, -0.25) is 14.5 Å². The van der Waals surface area contributed by atoms with Crippen LogP contribution in [0, 0.1) is 11.3 Å². The molecule has 0 bridgehead atoms. The minimum atomic E-state index is -4.55. The Labute approximate surface area is 202 Å². The molecule has 1 saturated carbocycles. The van der Waals surface area contributed by atoms with Crippen LogP contribution in [0.2, 0.25) is 0 Å². The van der Waals surface area contributed by atoms with E-state index in [0.717, 1.165) is 50.2 Å². The van der Waals surface area contributed by atoms with E-state index in [9.17, 15) is 23.2 Å². The van der Waals surface area contributed by atoms with Crippen LogP contribution in [0.15, 0.2) is 29.2 Å². The third-order valence-electron chi connectivity index (χ3n) is 7.30. The van der Waals surface area contributed by atoms with E-state index in [4.69, 9.17) is 10.1 Å². The molecule has 3 atom stereocenters. The van der Waals surface area contributed by atoms with Crippen molar-refractivity contribution >= 4 is 11.0 Å². The molecule has 0 aromatic carbocycles. The molecular formula is C24H21F3N8O. The summed E-state index contributed by atoms with van der Waals surface area (Å²) in [4.78, 5) is 24.2. The van der Waals surface area contributed by atoms with Crippen LogP contribution < -0.4 is 5.56 Å². The Kier molecular flexibility index (Phi) is 5.00. The quantitative estimate of drug-likeness (QED) is 0.461. The SMILES string of the molecule is CC(c1ccc(C(F)(F)F)nc1)n1nc(C#N)c2c(=O)[nH]c([C@H]3CC[C@@H]3c3cc4n(n3)CCC4)nc21. The van der Waals surface area contributed by atoms with Crippen molar-refractivity contribution in [2.75, 3.05) is 0 Å². The van der Waals surface area contributed by atoms with E-state index in [2.05, 4.69) is 21.1 Å². The van der Waals surface area contributed by atoms with Gasteiger partial charge in [-0.05, 0) is 50.3 Å². The van der Waals surface area contributed by atoms with Gasteiger partial charge in [0.1, 0.15) is 23.0 Å². The molecule has 0 radical (unpaired) electrons. The van der Waals surface area contributed by atoms with Gasteiger partial charge in [0, 0.05) is 30.3 Å². The first kappa shape index (κ1) is 22.5. The number of hydrogen-bond donors (Lipinski definition) is 1. The zero-order chi connectivity index (χ0) is 25.2. The highest BCUT2D eigenvalue weighted by Gasteiger charge is 2.38. The molecule has 36 heavy (non-hydrogen) atoms. The molecule has 4 aromatic heterocycles. The Morgan fingerprint density at radius 2 is 2.03 bits per heavy atom. The minimum absolute atomic E-state index is 0.0327. The second-order valence-corrected chi connectivity index (χ2v) is 9.38. The van der Waals surface area contributed by atoms with Crippen LogP contribution in [0.3, 0.4) is 0 Å². The van der Waals surface area contributed by atoms with E-state index in [-0.39, 0.29) is 28.6 Å². The maximum Gasteiger partial charge on any atom is 0.433 e. The fourth-order valence-corrected chi connectivity index (χ4v) is 5.19. The van der Waals surface area contributed by atoms with Crippen molar-refractivity contribution in [2.45, 2.75) is 63.2 Å². The zero-order valence-electron chi connectivity index (χ0n) is 19.2. The lowest BCUT2D eigenvalue weighted by Gasteiger charge is -2.34. The molecule has 0 amide bonds. The number of nitrogens with one attached hydrogen (secondary N) is 1. The van der Waals surface area contributed by atoms with Crippen LogP contribution in [-0.2, 0) is 19.1 Å². The van der Waals surface area contributed by atoms with Gasteiger partial charge < -0.3 is 4.98 Å². The highest BCUT2D eigenvalue weighted by Crippen LogP contribution is 2.48. The Morgan fingerprint density at radius 3 is 2.67 bits per heavy atom. The second kappa shape index (κ2) is 8.01. The van der Waals surface area contributed by atoms with Gasteiger partial charge in [0.15, 0.2) is 11.3 Å². The zero-order valence-corrected chi connectivity index (χ0v) is 19.2. The lowest BCUT2D eigenvalue weighted by atomic mass is 9.71. The first-order valence-electron chi connectivity index (χ1n) is 11.8. The molecule has 1 aliphatic carbocycles. The summed E-state index contributed by atoms with van der Waals surface area (Å²) in [5.41, 5.74) is 1.33. The van der Waals surface area contributed by atoms with E-state index in [0.29, 0.717) is 11.4 Å². The maximum absolute atomic E-state index is 13.1. The molecule has 9 nitrogen and oxygen atoms in total. The van der Waals surface area contributed by atoms with Crippen molar-refractivity contribution in [1.29, 1.82) is 5.26 Å². The number of aryl methyl sites for hydroxylation is 2. The van der Waals surface area contributed by atoms with Gasteiger partial charge in [-0.15, -0.1) is 0 Å². The average molecular weight is 494 g/mol. The largest absolute Gasteiger partial charge is 0.433 e. The summed E-state index contributed by atoms with van der Waals surface area (Å²) in [6, 6.07) is 5.67. The Morgan fingerprint density at radius 1 is 1.22 bits per heavy atom. The van der Waals surface area contributed by atoms with Crippen molar-refractivity contribution in [1.82, 2.24) is 34.5 Å². The number of fused-ring (bicyclic) bond motifs is 2. The van der Waals surface area contributed by atoms with E-state index < -0.39 is 23.5 Å². The van der Waals surface area contributed by atoms with E-state index in [1.807, 2.05) is 10.8 Å². The topological polar surface area (TPSA) is 118 Å². The molecule has 1 unspecified atom stereocenters. The lowest BCUT2D eigenvalue weighted by Crippen LogP contribution is -2.27. The maximum atomic E-state index is 13.1. The number of nitriles is 1. The standard InChI is InChI=1S/C24H21F3N8O/c1-12(13-4-7-19(29-11-13)24(25,26)27)35-22-20(18(10-28)33-35)23(36)31-21(30-22)16-6-5-15(16)17-9-14-3-2-8-34(14)32-17/h4,7,9,11-12,15-16H,2-3,5-6,8H2,1H3,(H,30,31,36)/t12?,15-,16-/m0/s1. The Bertz CT molecular complexity index is 1550. The third-order valence-corrected chi connectivity index (χ3v) is 7.30. The molecule has 12 heteroatoms. The number of aromatic amines is 1. The summed E-state index contributed by atoms with van der Waals surface area (Å²) in [5.74, 6) is 0.599. The lowest BCUT2D eigenvalue weighted by molar-refractivity contribution is -0.141. The first-order valence-corrected chi connectivity index (χ1v) is 11.8. The van der Waals surface area contributed by atoms with Crippen molar-refractivity contribution in [3.63, 3.8) is 0 Å². The molecule has 0 spiro atoms. The van der Waals surface area contributed by atoms with Crippen molar-refractivity contribution < 1.29 is 13.2 Å². The summed E-state index contributed by atoms with van der Waals surface area (Å²) in [7, 11) is 0. The van der Waals surface area contributed by atoms with Crippen molar-refractivity contribution in [2.24, 2.45) is 0 Å². The summed E-state index contributed by atoms with van der Waals surface area (Å²) in [5, 5.41) is 18.7. The molecule has 1 fully saturated rings. The summed E-state index contributed by atoms with van der Waals surface area (Å²) in [6.45, 7) is 2.62. The summed E-state index contributed by atoms with van der Waals surface area (Å²) < 4.78 is 42.3. The van der Waals surface area contributed by atoms with Gasteiger partial charge in [0.05, 0.1) is 11.7 Å². The van der Waals surface area contributed by atoms with Crippen molar-refractivity contribution in [3.05, 3.63) is 68.9 Å². The molecule has 6 rings (SSSR count). The van der Waals surface area contributed by atoms with E-state index in [1.165, 1.54) is 16.4 Å². The van der Waals surface area contributed by atoms with Gasteiger partial charge >= 0.3 is 6.18 Å². The normalized spacial score (nSPS) is 20.2. The highest BCUT2D eigenvalue weighted by atomic mass is 19.4. The minimum Gasteiger partial charge on any atom is -0.310 e. The van der Waals surface area contributed by atoms with E-state index >= 15 is 0 Å². The predicted molar refractivity (Wildman–Crippen MR) is 121 cm³/mol. The number of aromatic nitrogens is 7. The fraction of sp³-hybridized carbons (Fsp3) is 0.417. The molecule has 2 aliphatic rings. The van der Waals surface area contributed by atoms with E-state index in [1.54, 1.807) is 6.92 Å². The smallest absolute Gasteiger partial charge is 0.310 e. The number of hydrogen-bond acceptors (Lipinski definition) is 6. The van der Waals surface area contributed by atoms with Crippen LogP contribution >= 0.6 is 0 Å². The van der Waals surface area contributed by atoms with Crippen LogP contribution in [-0.4, -0.2) is 34.5 Å². The van der Waals surface area contributed by atoms with Gasteiger partial charge in [-0.2, -0.15) is 28.6 Å². The number of alkyl halides is 3. The molecule has 1 aliphatic heterocycles. The van der Waals surface area contributed by atoms with Gasteiger partial charge in [0.2, 0.25) is 0 Å². The molecule has 184 valence electrons. The third kappa shape index (κ3) is 3.49. The molecular weight excluding hydrogens is 473 g/mol. The average Bonchev–Trinajstić information content (AvgIpc) is 3.51. The Hall–Kier alpha value is -4.01. The van der Waals surface area contributed by atoms with Crippen LogP contribution in [0.1, 0.15) is 78.2 Å². The number of H-pyrrole nitrogens is 1. The second-order valence-electron chi connectivity index (χ2n) is 9.38. The molecule has 5 heterocycles. The predicted octanol–water partition coefficient (Wildman–Crippen LogP) is 3.82. The number of pyridine rings is 1. The summed E-state index contributed by atoms with van der Waals surface area (Å²) in [6.07, 6.45) is 0.448. The van der Waals surface area contributed by atoms with Crippen molar-refractivity contribution in [3.8, 4) is 6.07 Å². The first-order chi connectivity index (χ1) is 17.2. The molecule has 1 N–H and O–H groups in total. The van der Waals surface area contributed by atoms with Gasteiger partial charge in [0.25, 0.3) is 5.56 Å². The highest BCUT2D eigenvalue weighted by molar-refractivity contribution is 5.80. The van der Waals surface area contributed by atoms with Crippen LogP contribution in [0.4, 0.5) is 13.2 Å². The number of rotatable bonds is 4.